The Morgan fingerprint density at radius 2 is 2.16 bits per heavy atom. The third-order valence-electron chi connectivity index (χ3n) is 3.50. The van der Waals surface area contributed by atoms with E-state index < -0.39 is 0 Å². The summed E-state index contributed by atoms with van der Waals surface area (Å²) in [6, 6.07) is 2.08. The molecular weight excluding hydrogens is 238 g/mol. The van der Waals surface area contributed by atoms with E-state index in [2.05, 4.69) is 28.1 Å². The van der Waals surface area contributed by atoms with Gasteiger partial charge in [0.1, 0.15) is 11.6 Å². The molecule has 19 heavy (non-hydrogen) atoms. The molecule has 0 aromatic carbocycles. The van der Waals surface area contributed by atoms with Crippen LogP contribution in [0.5, 0.6) is 0 Å². The second kappa shape index (κ2) is 4.64. The Labute approximate surface area is 112 Å². The molecule has 3 rings (SSSR count). The van der Waals surface area contributed by atoms with Crippen LogP contribution in [-0.4, -0.2) is 19.7 Å². The lowest BCUT2D eigenvalue weighted by Crippen LogP contribution is -2.10. The van der Waals surface area contributed by atoms with Crippen LogP contribution in [0.3, 0.4) is 0 Å². The van der Waals surface area contributed by atoms with E-state index in [1.54, 1.807) is 0 Å². The van der Waals surface area contributed by atoms with E-state index in [1.165, 1.54) is 12.8 Å². The molecule has 0 saturated heterocycles. The number of nitrogens with zero attached hydrogens (tertiary/aromatic N) is 4. The zero-order chi connectivity index (χ0) is 13.4. The average molecular weight is 257 g/mol. The molecule has 100 valence electrons. The third-order valence-corrected chi connectivity index (χ3v) is 3.50. The van der Waals surface area contributed by atoms with E-state index in [0.29, 0.717) is 11.7 Å². The molecule has 2 heterocycles. The molecule has 2 aromatic rings. The maximum absolute atomic E-state index is 5.98. The van der Waals surface area contributed by atoms with Crippen molar-refractivity contribution < 1.29 is 0 Å². The standard InChI is InChI=1S/C14H19N5/c1-3-4-12-16-13(15)9(2)14(17-12)19-8-7-11(18-19)10-5-6-10/h7-8,10H,3-6H2,1-2H3,(H2,15,16,17). The highest BCUT2D eigenvalue weighted by Crippen LogP contribution is 2.39. The van der Waals surface area contributed by atoms with Crippen molar-refractivity contribution in [3.63, 3.8) is 0 Å². The summed E-state index contributed by atoms with van der Waals surface area (Å²) in [4.78, 5) is 8.92. The van der Waals surface area contributed by atoms with Crippen molar-refractivity contribution in [1.29, 1.82) is 0 Å². The summed E-state index contributed by atoms with van der Waals surface area (Å²) in [5.74, 6) is 2.81. The predicted octanol–water partition coefficient (Wildman–Crippen LogP) is 2.38. The summed E-state index contributed by atoms with van der Waals surface area (Å²) in [7, 11) is 0. The Morgan fingerprint density at radius 3 is 2.84 bits per heavy atom. The molecule has 0 spiro atoms. The van der Waals surface area contributed by atoms with Gasteiger partial charge in [-0.2, -0.15) is 5.10 Å². The Bertz CT molecular complexity index is 598. The van der Waals surface area contributed by atoms with Crippen molar-refractivity contribution in [3.05, 3.63) is 29.3 Å². The molecule has 1 fully saturated rings. The minimum absolute atomic E-state index is 0.553. The van der Waals surface area contributed by atoms with Crippen LogP contribution in [0.15, 0.2) is 12.3 Å². The SMILES string of the molecule is CCCc1nc(N)c(C)c(-n2ccc(C3CC3)n2)n1. The second-order valence-electron chi connectivity index (χ2n) is 5.18. The Morgan fingerprint density at radius 1 is 1.37 bits per heavy atom. The highest BCUT2D eigenvalue weighted by molar-refractivity contribution is 5.48. The predicted molar refractivity (Wildman–Crippen MR) is 74.3 cm³/mol. The van der Waals surface area contributed by atoms with Crippen molar-refractivity contribution in [3.8, 4) is 5.82 Å². The quantitative estimate of drug-likeness (QED) is 0.913. The first-order chi connectivity index (χ1) is 9.19. The number of anilines is 1. The van der Waals surface area contributed by atoms with Gasteiger partial charge in [0.2, 0.25) is 0 Å². The summed E-state index contributed by atoms with van der Waals surface area (Å²) in [5, 5.41) is 4.62. The molecule has 0 unspecified atom stereocenters. The monoisotopic (exact) mass is 257 g/mol. The van der Waals surface area contributed by atoms with Crippen LogP contribution in [0.25, 0.3) is 5.82 Å². The van der Waals surface area contributed by atoms with Gasteiger partial charge in [0.15, 0.2) is 5.82 Å². The van der Waals surface area contributed by atoms with E-state index in [-0.39, 0.29) is 0 Å². The molecule has 0 bridgehead atoms. The molecule has 5 heteroatoms. The van der Waals surface area contributed by atoms with Gasteiger partial charge >= 0.3 is 0 Å². The van der Waals surface area contributed by atoms with Crippen LogP contribution < -0.4 is 5.73 Å². The van der Waals surface area contributed by atoms with Gasteiger partial charge in [-0.15, -0.1) is 0 Å². The van der Waals surface area contributed by atoms with Crippen molar-refractivity contribution >= 4 is 5.82 Å². The molecule has 0 aliphatic heterocycles. The summed E-state index contributed by atoms with van der Waals surface area (Å²) >= 11 is 0. The molecule has 2 aromatic heterocycles. The van der Waals surface area contributed by atoms with Crippen LogP contribution in [0.4, 0.5) is 5.82 Å². The molecule has 1 saturated carbocycles. The zero-order valence-corrected chi connectivity index (χ0v) is 11.4. The van der Waals surface area contributed by atoms with Crippen LogP contribution in [0.1, 0.15) is 49.2 Å². The molecule has 2 N–H and O–H groups in total. The van der Waals surface area contributed by atoms with E-state index in [4.69, 9.17) is 5.73 Å². The number of hydrogen-bond donors (Lipinski definition) is 1. The van der Waals surface area contributed by atoms with Gasteiger partial charge in [0, 0.05) is 24.1 Å². The topological polar surface area (TPSA) is 69.6 Å². The number of aryl methyl sites for hydroxylation is 1. The fourth-order valence-corrected chi connectivity index (χ4v) is 2.18. The van der Waals surface area contributed by atoms with Gasteiger partial charge in [0.25, 0.3) is 0 Å². The average Bonchev–Trinajstić information content (AvgIpc) is 3.12. The number of hydrogen-bond acceptors (Lipinski definition) is 4. The molecule has 5 nitrogen and oxygen atoms in total. The molecule has 1 aliphatic rings. The first kappa shape index (κ1) is 12.1. The van der Waals surface area contributed by atoms with Crippen molar-refractivity contribution in [1.82, 2.24) is 19.7 Å². The normalized spacial score (nSPS) is 14.8. The Kier molecular flexibility index (Phi) is 2.97. The van der Waals surface area contributed by atoms with E-state index in [9.17, 15) is 0 Å². The summed E-state index contributed by atoms with van der Waals surface area (Å²) in [6.07, 6.45) is 6.33. The Balaban J connectivity index is 2.01. The van der Waals surface area contributed by atoms with Gasteiger partial charge in [0.05, 0.1) is 5.69 Å². The van der Waals surface area contributed by atoms with Crippen molar-refractivity contribution in [2.75, 3.05) is 5.73 Å². The third kappa shape index (κ3) is 2.32. The zero-order valence-electron chi connectivity index (χ0n) is 11.4. The number of aromatic nitrogens is 4. The number of nitrogen functional groups attached to an aromatic ring is 1. The van der Waals surface area contributed by atoms with Crippen LogP contribution in [-0.2, 0) is 6.42 Å². The maximum atomic E-state index is 5.98. The smallest absolute Gasteiger partial charge is 0.162 e. The van der Waals surface area contributed by atoms with E-state index in [0.717, 1.165) is 35.7 Å². The lowest BCUT2D eigenvalue weighted by molar-refractivity contribution is 0.767. The minimum Gasteiger partial charge on any atom is -0.383 e. The van der Waals surface area contributed by atoms with Crippen LogP contribution in [0.2, 0.25) is 0 Å². The van der Waals surface area contributed by atoms with Crippen molar-refractivity contribution in [2.24, 2.45) is 0 Å². The summed E-state index contributed by atoms with van der Waals surface area (Å²) < 4.78 is 1.83. The molecule has 0 amide bonds. The van der Waals surface area contributed by atoms with Crippen molar-refractivity contribution in [2.45, 2.75) is 45.4 Å². The number of nitrogens with two attached hydrogens (primary N) is 1. The van der Waals surface area contributed by atoms with Gasteiger partial charge in [-0.3, -0.25) is 0 Å². The maximum Gasteiger partial charge on any atom is 0.162 e. The van der Waals surface area contributed by atoms with E-state index in [1.807, 2.05) is 17.8 Å². The van der Waals surface area contributed by atoms with E-state index >= 15 is 0 Å². The van der Waals surface area contributed by atoms with Gasteiger partial charge in [-0.25, -0.2) is 14.6 Å². The first-order valence-electron chi connectivity index (χ1n) is 6.88. The van der Waals surface area contributed by atoms with Gasteiger partial charge in [-0.05, 0) is 32.3 Å². The summed E-state index contributed by atoms with van der Waals surface area (Å²) in [5.41, 5.74) is 8.03. The first-order valence-corrected chi connectivity index (χ1v) is 6.88. The molecule has 1 aliphatic carbocycles. The second-order valence-corrected chi connectivity index (χ2v) is 5.18. The lowest BCUT2D eigenvalue weighted by atomic mass is 10.2. The number of rotatable bonds is 4. The fraction of sp³-hybridized carbons (Fsp3) is 0.500. The highest BCUT2D eigenvalue weighted by Gasteiger charge is 2.26. The largest absolute Gasteiger partial charge is 0.383 e. The lowest BCUT2D eigenvalue weighted by Gasteiger charge is -2.09. The fourth-order valence-electron chi connectivity index (χ4n) is 2.18. The Hall–Kier alpha value is -1.91. The summed E-state index contributed by atoms with van der Waals surface area (Å²) in [6.45, 7) is 4.05. The van der Waals surface area contributed by atoms with Gasteiger partial charge in [-0.1, -0.05) is 6.92 Å². The molecular formula is C14H19N5. The van der Waals surface area contributed by atoms with Gasteiger partial charge < -0.3 is 5.73 Å². The van der Waals surface area contributed by atoms with Crippen LogP contribution >= 0.6 is 0 Å². The molecule has 0 radical (unpaired) electrons. The highest BCUT2D eigenvalue weighted by atomic mass is 15.3. The minimum atomic E-state index is 0.553. The molecule has 0 atom stereocenters. The van der Waals surface area contributed by atoms with Crippen LogP contribution in [0, 0.1) is 6.92 Å².